The zero-order valence-corrected chi connectivity index (χ0v) is 11.3. The minimum absolute atomic E-state index is 0.410. The van der Waals surface area contributed by atoms with Gasteiger partial charge in [-0.25, -0.2) is 0 Å². The molecule has 2 atom stereocenters. The first-order chi connectivity index (χ1) is 7.22. The number of hydrazine groups is 1. The predicted molar refractivity (Wildman–Crippen MR) is 68.7 cm³/mol. The molecule has 0 aromatic carbocycles. The van der Waals surface area contributed by atoms with E-state index in [9.17, 15) is 0 Å². The van der Waals surface area contributed by atoms with Crippen LogP contribution in [0.25, 0.3) is 0 Å². The van der Waals surface area contributed by atoms with Crippen LogP contribution in [0.5, 0.6) is 0 Å². The van der Waals surface area contributed by atoms with Crippen LogP contribution >= 0.6 is 27.3 Å². The molecule has 1 saturated carbocycles. The Morgan fingerprint density at radius 1 is 1.67 bits per heavy atom. The summed E-state index contributed by atoms with van der Waals surface area (Å²) in [6, 6.07) is 2.52. The maximum atomic E-state index is 5.65. The summed E-state index contributed by atoms with van der Waals surface area (Å²) in [4.78, 5) is 1.39. The Kier molecular flexibility index (Phi) is 3.83. The van der Waals surface area contributed by atoms with Gasteiger partial charge in [0.25, 0.3) is 0 Å². The van der Waals surface area contributed by atoms with E-state index in [1.807, 2.05) is 0 Å². The van der Waals surface area contributed by atoms with Gasteiger partial charge in [-0.05, 0) is 58.5 Å². The van der Waals surface area contributed by atoms with Crippen molar-refractivity contribution in [3.63, 3.8) is 0 Å². The van der Waals surface area contributed by atoms with E-state index in [-0.39, 0.29) is 0 Å². The summed E-state index contributed by atoms with van der Waals surface area (Å²) in [6.07, 6.45) is 3.79. The fourth-order valence-corrected chi connectivity index (χ4v) is 3.59. The van der Waals surface area contributed by atoms with Crippen LogP contribution in [0, 0.1) is 11.8 Å². The zero-order valence-electron chi connectivity index (χ0n) is 8.87. The average Bonchev–Trinajstić information content (AvgIpc) is 3.00. The van der Waals surface area contributed by atoms with Crippen molar-refractivity contribution in [1.29, 1.82) is 0 Å². The Balaban J connectivity index is 1.98. The van der Waals surface area contributed by atoms with Crippen molar-refractivity contribution in [2.24, 2.45) is 17.7 Å². The molecule has 2 nitrogen and oxygen atoms in total. The lowest BCUT2D eigenvalue weighted by Gasteiger charge is -2.22. The molecule has 1 aliphatic rings. The van der Waals surface area contributed by atoms with Gasteiger partial charge in [0, 0.05) is 15.4 Å². The zero-order chi connectivity index (χ0) is 10.8. The highest BCUT2D eigenvalue weighted by Gasteiger charge is 2.33. The number of nitrogens with two attached hydrogens (primary N) is 1. The van der Waals surface area contributed by atoms with E-state index in [0.29, 0.717) is 12.0 Å². The van der Waals surface area contributed by atoms with Crippen LogP contribution in [0.1, 0.15) is 24.6 Å². The lowest BCUT2D eigenvalue weighted by atomic mass is 9.94. The molecule has 0 bridgehead atoms. The highest BCUT2D eigenvalue weighted by Crippen LogP contribution is 2.39. The van der Waals surface area contributed by atoms with Crippen molar-refractivity contribution < 1.29 is 0 Å². The summed E-state index contributed by atoms with van der Waals surface area (Å²) in [7, 11) is 0. The fourth-order valence-electron chi connectivity index (χ4n) is 2.02. The van der Waals surface area contributed by atoms with Gasteiger partial charge in [0.1, 0.15) is 0 Å². The lowest BCUT2D eigenvalue weighted by molar-refractivity contribution is 0.344. The molecular weight excluding hydrogens is 272 g/mol. The minimum atomic E-state index is 0.410. The summed E-state index contributed by atoms with van der Waals surface area (Å²) in [6.45, 7) is 2.31. The van der Waals surface area contributed by atoms with Crippen LogP contribution in [0.3, 0.4) is 0 Å². The van der Waals surface area contributed by atoms with Crippen LogP contribution in [0.4, 0.5) is 0 Å². The van der Waals surface area contributed by atoms with Crippen molar-refractivity contribution in [1.82, 2.24) is 5.43 Å². The third-order valence-corrected chi connectivity index (χ3v) is 5.26. The molecule has 3 N–H and O–H groups in total. The van der Waals surface area contributed by atoms with Gasteiger partial charge in [-0.15, -0.1) is 11.3 Å². The summed E-state index contributed by atoms with van der Waals surface area (Å²) in [5, 5.41) is 2.12. The van der Waals surface area contributed by atoms with Crippen molar-refractivity contribution in [3.05, 3.63) is 20.8 Å². The van der Waals surface area contributed by atoms with Gasteiger partial charge >= 0.3 is 0 Å². The molecule has 1 aliphatic carbocycles. The predicted octanol–water partition coefficient (Wildman–Crippen LogP) is 2.93. The Labute approximate surface area is 103 Å². The van der Waals surface area contributed by atoms with Crippen LogP contribution in [0.2, 0.25) is 0 Å². The first kappa shape index (κ1) is 11.6. The molecule has 84 valence electrons. The molecular formula is C11H17BrN2S. The molecule has 1 aromatic heterocycles. The summed E-state index contributed by atoms with van der Waals surface area (Å²) < 4.78 is 1.22. The molecule has 0 radical (unpaired) electrons. The third-order valence-electron chi connectivity index (χ3n) is 3.31. The van der Waals surface area contributed by atoms with Gasteiger partial charge < -0.3 is 0 Å². The monoisotopic (exact) mass is 288 g/mol. The summed E-state index contributed by atoms with van der Waals surface area (Å²) in [5.41, 5.74) is 2.97. The minimum Gasteiger partial charge on any atom is -0.271 e. The highest BCUT2D eigenvalue weighted by atomic mass is 79.9. The van der Waals surface area contributed by atoms with E-state index < -0.39 is 0 Å². The van der Waals surface area contributed by atoms with E-state index >= 15 is 0 Å². The Morgan fingerprint density at radius 3 is 2.87 bits per heavy atom. The largest absolute Gasteiger partial charge is 0.271 e. The number of rotatable bonds is 5. The molecule has 15 heavy (non-hydrogen) atoms. The topological polar surface area (TPSA) is 38.0 Å². The van der Waals surface area contributed by atoms with Crippen LogP contribution < -0.4 is 11.3 Å². The van der Waals surface area contributed by atoms with Gasteiger partial charge in [0.15, 0.2) is 0 Å². The van der Waals surface area contributed by atoms with Gasteiger partial charge in [-0.2, -0.15) is 0 Å². The molecule has 0 aliphatic heterocycles. The Morgan fingerprint density at radius 2 is 2.40 bits per heavy atom. The maximum absolute atomic E-state index is 5.65. The summed E-state index contributed by atoms with van der Waals surface area (Å²) >= 11 is 5.37. The fraction of sp³-hybridized carbons (Fsp3) is 0.636. The number of nitrogens with one attached hydrogen (secondary N) is 1. The van der Waals surface area contributed by atoms with Crippen LogP contribution in [-0.4, -0.2) is 6.04 Å². The standard InChI is InChI=1S/C11H17BrN2S/c1-7(8-2-3-8)10(14-13)6-11-9(12)4-5-15-11/h4-5,7-8,10,14H,2-3,6,13H2,1H3. The van der Waals surface area contributed by atoms with Gasteiger partial charge in [-0.1, -0.05) is 6.92 Å². The summed E-state index contributed by atoms with van der Waals surface area (Å²) in [5.74, 6) is 7.22. The Hall–Kier alpha value is 0.1000. The van der Waals surface area contributed by atoms with E-state index in [1.54, 1.807) is 11.3 Å². The number of hydrogen-bond donors (Lipinski definition) is 2. The first-order valence-electron chi connectivity index (χ1n) is 5.40. The smallest absolute Gasteiger partial charge is 0.0314 e. The van der Waals surface area contributed by atoms with E-state index in [1.165, 1.54) is 22.2 Å². The van der Waals surface area contributed by atoms with Crippen molar-refractivity contribution in [3.8, 4) is 0 Å². The van der Waals surface area contributed by atoms with Crippen LogP contribution in [0.15, 0.2) is 15.9 Å². The molecule has 2 unspecified atom stereocenters. The number of hydrogen-bond acceptors (Lipinski definition) is 3. The van der Waals surface area contributed by atoms with Gasteiger partial charge in [0.2, 0.25) is 0 Å². The lowest BCUT2D eigenvalue weighted by Crippen LogP contribution is -2.42. The molecule has 0 saturated heterocycles. The molecule has 1 heterocycles. The second-order valence-electron chi connectivity index (χ2n) is 4.37. The third kappa shape index (κ3) is 2.81. The number of thiophene rings is 1. The van der Waals surface area contributed by atoms with Crippen molar-refractivity contribution >= 4 is 27.3 Å². The number of halogens is 1. The molecule has 1 aromatic rings. The molecule has 0 spiro atoms. The van der Waals surface area contributed by atoms with E-state index in [0.717, 1.165) is 12.3 Å². The second-order valence-corrected chi connectivity index (χ2v) is 6.22. The van der Waals surface area contributed by atoms with E-state index in [4.69, 9.17) is 5.84 Å². The quantitative estimate of drug-likeness (QED) is 0.646. The Bertz CT molecular complexity index is 322. The average molecular weight is 289 g/mol. The second kappa shape index (κ2) is 4.95. The SMILES string of the molecule is CC(C1CC1)C(Cc1sccc1Br)NN. The van der Waals surface area contributed by atoms with Gasteiger partial charge in [0.05, 0.1) is 0 Å². The molecule has 2 rings (SSSR count). The van der Waals surface area contributed by atoms with Crippen LogP contribution in [-0.2, 0) is 6.42 Å². The maximum Gasteiger partial charge on any atom is 0.0314 e. The molecule has 1 fully saturated rings. The van der Waals surface area contributed by atoms with Crippen molar-refractivity contribution in [2.75, 3.05) is 0 Å². The van der Waals surface area contributed by atoms with Crippen molar-refractivity contribution in [2.45, 2.75) is 32.2 Å². The molecule has 4 heteroatoms. The normalized spacial score (nSPS) is 20.2. The van der Waals surface area contributed by atoms with E-state index in [2.05, 4.69) is 39.7 Å². The van der Waals surface area contributed by atoms with Gasteiger partial charge in [-0.3, -0.25) is 11.3 Å². The molecule has 0 amide bonds. The first-order valence-corrected chi connectivity index (χ1v) is 7.07. The highest BCUT2D eigenvalue weighted by molar-refractivity contribution is 9.10.